The van der Waals surface area contributed by atoms with Gasteiger partial charge < -0.3 is 5.73 Å². The first-order valence-electron chi connectivity index (χ1n) is 7.24. The molecule has 1 unspecified atom stereocenters. The second-order valence-corrected chi connectivity index (χ2v) is 6.53. The van der Waals surface area contributed by atoms with E-state index in [9.17, 15) is 0 Å². The van der Waals surface area contributed by atoms with E-state index < -0.39 is 0 Å². The summed E-state index contributed by atoms with van der Waals surface area (Å²) in [5.41, 5.74) is 6.92. The summed E-state index contributed by atoms with van der Waals surface area (Å²) in [5, 5.41) is 9.82. The predicted octanol–water partition coefficient (Wildman–Crippen LogP) is 4.03. The number of nitrogens with one attached hydrogen (secondary N) is 1. The van der Waals surface area contributed by atoms with E-state index in [1.165, 1.54) is 10.4 Å². The van der Waals surface area contributed by atoms with Crippen LogP contribution >= 0.6 is 11.3 Å². The Morgan fingerprint density at radius 1 is 1.19 bits per heavy atom. The van der Waals surface area contributed by atoms with Crippen LogP contribution in [0.2, 0.25) is 0 Å². The lowest BCUT2D eigenvalue weighted by Crippen LogP contribution is -2.36. The van der Waals surface area contributed by atoms with Gasteiger partial charge in [-0.1, -0.05) is 36.4 Å². The lowest BCUT2D eigenvalue weighted by atomic mass is 10.00. The fourth-order valence-corrected chi connectivity index (χ4v) is 3.26. The number of benzene rings is 1. The highest BCUT2D eigenvalue weighted by Crippen LogP contribution is 2.29. The van der Waals surface area contributed by atoms with Crippen molar-refractivity contribution in [2.24, 2.45) is 5.73 Å². The van der Waals surface area contributed by atoms with Crippen LogP contribution in [-0.2, 0) is 6.54 Å². The van der Waals surface area contributed by atoms with E-state index in [1.54, 1.807) is 11.3 Å². The molecule has 2 aromatic rings. The molecule has 0 aliphatic rings. The molecule has 0 fully saturated rings. The first-order chi connectivity index (χ1) is 10.1. The van der Waals surface area contributed by atoms with Gasteiger partial charge in [0.2, 0.25) is 0 Å². The number of nitrogens with zero attached hydrogens (tertiary/aromatic N) is 1. The summed E-state index contributed by atoms with van der Waals surface area (Å²) in [5.74, 6) is 0.237. The highest BCUT2D eigenvalue weighted by molar-refractivity contribution is 7.09. The largest absolute Gasteiger partial charge is 0.388 e. The van der Waals surface area contributed by atoms with Gasteiger partial charge in [-0.2, -0.15) is 0 Å². The first kappa shape index (κ1) is 15.7. The summed E-state index contributed by atoms with van der Waals surface area (Å²) >= 11 is 1.77. The highest BCUT2D eigenvalue weighted by atomic mass is 32.1. The quantitative estimate of drug-likeness (QED) is 0.599. The van der Waals surface area contributed by atoms with Crippen LogP contribution in [0.5, 0.6) is 0 Å². The summed E-state index contributed by atoms with van der Waals surface area (Å²) in [4.78, 5) is 3.76. The number of amidine groups is 1. The number of hydrogen-bond donors (Lipinski definition) is 2. The Hall–Kier alpha value is -1.65. The van der Waals surface area contributed by atoms with Crippen molar-refractivity contribution in [2.45, 2.75) is 38.9 Å². The highest BCUT2D eigenvalue weighted by Gasteiger charge is 2.24. The molecule has 0 spiro atoms. The van der Waals surface area contributed by atoms with Crippen LogP contribution in [0.3, 0.4) is 0 Å². The summed E-state index contributed by atoms with van der Waals surface area (Å²) in [6, 6.07) is 15.1. The average Bonchev–Trinajstić information content (AvgIpc) is 2.96. The van der Waals surface area contributed by atoms with Gasteiger partial charge in [-0.05, 0) is 30.9 Å². The molecule has 0 bridgehead atoms. The molecule has 2 rings (SSSR count). The fraction of sp³-hybridized carbons (Fsp3) is 0.353. The van der Waals surface area contributed by atoms with E-state index in [-0.39, 0.29) is 11.9 Å². The van der Waals surface area contributed by atoms with Gasteiger partial charge in [0.15, 0.2) is 0 Å². The van der Waals surface area contributed by atoms with Crippen molar-refractivity contribution in [3.63, 3.8) is 0 Å². The molecule has 0 aliphatic heterocycles. The third-order valence-electron chi connectivity index (χ3n) is 3.58. The van der Waals surface area contributed by atoms with Crippen LogP contribution in [0.1, 0.15) is 36.8 Å². The Bertz CT molecular complexity index is 549. The summed E-state index contributed by atoms with van der Waals surface area (Å²) in [7, 11) is 0. The van der Waals surface area contributed by atoms with Crippen molar-refractivity contribution in [1.82, 2.24) is 4.90 Å². The first-order valence-corrected chi connectivity index (χ1v) is 8.12. The second kappa shape index (κ2) is 7.38. The molecule has 0 amide bonds. The van der Waals surface area contributed by atoms with Crippen LogP contribution in [-0.4, -0.2) is 16.8 Å². The lowest BCUT2D eigenvalue weighted by Gasteiger charge is -2.35. The number of rotatable bonds is 7. The van der Waals surface area contributed by atoms with Gasteiger partial charge in [0, 0.05) is 29.9 Å². The van der Waals surface area contributed by atoms with Crippen molar-refractivity contribution >= 4 is 17.2 Å². The normalized spacial score (nSPS) is 12.8. The molecular weight excluding hydrogens is 278 g/mol. The van der Waals surface area contributed by atoms with Crippen molar-refractivity contribution in [3.05, 3.63) is 58.3 Å². The van der Waals surface area contributed by atoms with Crippen molar-refractivity contribution in [3.8, 4) is 0 Å². The third kappa shape index (κ3) is 4.41. The van der Waals surface area contributed by atoms with E-state index in [4.69, 9.17) is 11.1 Å². The number of hydrogen-bond acceptors (Lipinski definition) is 3. The van der Waals surface area contributed by atoms with Crippen LogP contribution in [0.25, 0.3) is 0 Å². The molecule has 4 heteroatoms. The van der Waals surface area contributed by atoms with E-state index >= 15 is 0 Å². The van der Waals surface area contributed by atoms with E-state index in [0.717, 1.165) is 6.54 Å². The molecular formula is C17H23N3S. The number of thiophene rings is 1. The van der Waals surface area contributed by atoms with Gasteiger partial charge in [0.05, 0.1) is 5.84 Å². The topological polar surface area (TPSA) is 53.1 Å². The van der Waals surface area contributed by atoms with Crippen molar-refractivity contribution < 1.29 is 0 Å². The Balaban J connectivity index is 2.28. The SMILES string of the molecule is CC(C)N(Cc1cccs1)C(CC(=N)N)c1ccccc1. The lowest BCUT2D eigenvalue weighted by molar-refractivity contribution is 0.148. The van der Waals surface area contributed by atoms with Gasteiger partial charge in [0.1, 0.15) is 0 Å². The maximum atomic E-state index is 7.71. The summed E-state index contributed by atoms with van der Waals surface area (Å²) in [6.45, 7) is 5.29. The fourth-order valence-electron chi connectivity index (χ4n) is 2.55. The number of nitrogens with two attached hydrogens (primary N) is 1. The molecule has 1 aromatic heterocycles. The predicted molar refractivity (Wildman–Crippen MR) is 90.7 cm³/mol. The molecule has 112 valence electrons. The van der Waals surface area contributed by atoms with Crippen LogP contribution in [0, 0.1) is 5.41 Å². The molecule has 1 heterocycles. The molecule has 3 N–H and O–H groups in total. The smallest absolute Gasteiger partial charge is 0.0924 e. The molecule has 0 aliphatic carbocycles. The van der Waals surface area contributed by atoms with Gasteiger partial charge >= 0.3 is 0 Å². The van der Waals surface area contributed by atoms with Gasteiger partial charge in [-0.25, -0.2) is 0 Å². The maximum absolute atomic E-state index is 7.71. The summed E-state index contributed by atoms with van der Waals surface area (Å²) < 4.78 is 0. The zero-order chi connectivity index (χ0) is 15.2. The Morgan fingerprint density at radius 3 is 2.43 bits per heavy atom. The van der Waals surface area contributed by atoms with Crippen LogP contribution < -0.4 is 5.73 Å². The third-order valence-corrected chi connectivity index (χ3v) is 4.44. The Kier molecular flexibility index (Phi) is 5.53. The van der Waals surface area contributed by atoms with Gasteiger partial charge in [-0.3, -0.25) is 10.3 Å². The van der Waals surface area contributed by atoms with E-state index in [0.29, 0.717) is 12.5 Å². The standard InChI is InChI=1S/C17H23N3S/c1-13(2)20(12-15-9-6-10-21-15)16(11-17(18)19)14-7-4-3-5-8-14/h3-10,13,16H,11-12H2,1-2H3,(H3,18,19). The molecule has 0 saturated heterocycles. The second-order valence-electron chi connectivity index (χ2n) is 5.50. The van der Waals surface area contributed by atoms with E-state index in [1.807, 2.05) is 18.2 Å². The Labute approximate surface area is 130 Å². The minimum Gasteiger partial charge on any atom is -0.388 e. The monoisotopic (exact) mass is 301 g/mol. The van der Waals surface area contributed by atoms with Crippen molar-refractivity contribution in [2.75, 3.05) is 0 Å². The van der Waals surface area contributed by atoms with Gasteiger partial charge in [0.25, 0.3) is 0 Å². The molecule has 0 radical (unpaired) electrons. The average molecular weight is 301 g/mol. The molecule has 21 heavy (non-hydrogen) atoms. The molecule has 1 atom stereocenters. The molecule has 1 aromatic carbocycles. The molecule has 3 nitrogen and oxygen atoms in total. The van der Waals surface area contributed by atoms with Gasteiger partial charge in [-0.15, -0.1) is 11.3 Å². The zero-order valence-corrected chi connectivity index (χ0v) is 13.4. The zero-order valence-electron chi connectivity index (χ0n) is 12.6. The maximum Gasteiger partial charge on any atom is 0.0924 e. The van der Waals surface area contributed by atoms with Crippen molar-refractivity contribution in [1.29, 1.82) is 5.41 Å². The summed E-state index contributed by atoms with van der Waals surface area (Å²) in [6.07, 6.45) is 0.563. The Morgan fingerprint density at radius 2 is 1.90 bits per heavy atom. The van der Waals surface area contributed by atoms with Crippen LogP contribution in [0.4, 0.5) is 0 Å². The minimum absolute atomic E-state index is 0.144. The molecule has 0 saturated carbocycles. The minimum atomic E-state index is 0.144. The van der Waals surface area contributed by atoms with E-state index in [2.05, 4.69) is 48.4 Å². The van der Waals surface area contributed by atoms with Crippen LogP contribution in [0.15, 0.2) is 47.8 Å².